The number of esters is 2. The fraction of sp³-hybridized carbons (Fsp3) is 0.450. The molecule has 2 unspecified atom stereocenters. The molecule has 8 heteroatoms. The van der Waals surface area contributed by atoms with Crippen LogP contribution >= 0.6 is 0 Å². The summed E-state index contributed by atoms with van der Waals surface area (Å²) in [5.41, 5.74) is 3.17. The number of amidine groups is 1. The van der Waals surface area contributed by atoms with Crippen LogP contribution in [0.1, 0.15) is 54.1 Å². The van der Waals surface area contributed by atoms with E-state index in [0.29, 0.717) is 28.4 Å². The second-order valence-corrected chi connectivity index (χ2v) is 6.84. The summed E-state index contributed by atoms with van der Waals surface area (Å²) in [7, 11) is 1.89. The van der Waals surface area contributed by atoms with E-state index in [4.69, 9.17) is 19.2 Å². The maximum Gasteiger partial charge on any atom is 0.340 e. The van der Waals surface area contributed by atoms with Crippen LogP contribution in [0.4, 0.5) is 0 Å². The highest BCUT2D eigenvalue weighted by atomic mass is 16.5. The van der Waals surface area contributed by atoms with Crippen molar-refractivity contribution >= 4 is 23.9 Å². The van der Waals surface area contributed by atoms with Gasteiger partial charge in [0.15, 0.2) is 5.84 Å². The maximum absolute atomic E-state index is 12.7. The van der Waals surface area contributed by atoms with Crippen LogP contribution in [0, 0.1) is 6.92 Å². The van der Waals surface area contributed by atoms with Crippen molar-refractivity contribution in [3.8, 4) is 0 Å². The molecule has 0 aromatic carbocycles. The van der Waals surface area contributed by atoms with Crippen molar-refractivity contribution in [3.05, 3.63) is 40.0 Å². The minimum absolute atomic E-state index is 0.268. The molecule has 0 aliphatic carbocycles. The van der Waals surface area contributed by atoms with Crippen molar-refractivity contribution in [2.75, 3.05) is 20.3 Å². The van der Waals surface area contributed by atoms with E-state index in [1.54, 1.807) is 20.8 Å². The average molecular weight is 385 g/mol. The first-order chi connectivity index (χ1) is 13.4. The third kappa shape index (κ3) is 2.40. The number of fused-ring (bicyclic) bond motifs is 2. The number of carbonyl (C=O) groups is 2. The van der Waals surface area contributed by atoms with Gasteiger partial charge in [0, 0.05) is 24.5 Å². The van der Waals surface area contributed by atoms with Gasteiger partial charge in [0.05, 0.1) is 24.5 Å². The summed E-state index contributed by atoms with van der Waals surface area (Å²) in [6, 6.07) is -0.486. The highest BCUT2D eigenvalue weighted by Crippen LogP contribution is 2.45. The van der Waals surface area contributed by atoms with E-state index in [-0.39, 0.29) is 19.2 Å². The molecule has 4 heterocycles. The van der Waals surface area contributed by atoms with Gasteiger partial charge in [0.2, 0.25) is 6.23 Å². The number of aromatic nitrogens is 1. The van der Waals surface area contributed by atoms with Crippen molar-refractivity contribution in [2.24, 2.45) is 4.99 Å². The Kier molecular flexibility index (Phi) is 4.28. The molecule has 148 valence electrons. The number of hydrogen-bond acceptors (Lipinski definition) is 7. The normalized spacial score (nSPS) is 21.8. The number of rotatable bonds is 4. The minimum atomic E-state index is -0.593. The number of ether oxygens (including phenoxy) is 3. The summed E-state index contributed by atoms with van der Waals surface area (Å²) in [6.45, 7) is 7.69. The Morgan fingerprint density at radius 2 is 1.86 bits per heavy atom. The molecule has 8 nitrogen and oxygen atoms in total. The number of hydrogen-bond donors (Lipinski definition) is 0. The number of allylic oxidation sites excluding steroid dienone is 1. The molecule has 0 radical (unpaired) electrons. The third-order valence-electron chi connectivity index (χ3n) is 5.24. The molecule has 0 fully saturated rings. The van der Waals surface area contributed by atoms with Crippen molar-refractivity contribution in [2.45, 2.75) is 40.0 Å². The highest BCUT2D eigenvalue weighted by molar-refractivity contribution is 6.09. The van der Waals surface area contributed by atoms with Gasteiger partial charge >= 0.3 is 11.9 Å². The second kappa shape index (κ2) is 6.54. The van der Waals surface area contributed by atoms with Crippen LogP contribution in [0.2, 0.25) is 0 Å². The van der Waals surface area contributed by atoms with Gasteiger partial charge in [0.1, 0.15) is 17.4 Å². The zero-order valence-corrected chi connectivity index (χ0v) is 16.6. The topological polar surface area (TPSA) is 82.4 Å². The molecule has 1 aromatic rings. The number of nitrogens with zero attached hydrogens (tertiary/aromatic N) is 3. The summed E-state index contributed by atoms with van der Waals surface area (Å²) in [5, 5.41) is 0. The largest absolute Gasteiger partial charge is 0.470 e. The van der Waals surface area contributed by atoms with Crippen molar-refractivity contribution in [1.29, 1.82) is 0 Å². The van der Waals surface area contributed by atoms with Gasteiger partial charge in [-0.25, -0.2) is 14.6 Å². The lowest BCUT2D eigenvalue weighted by Gasteiger charge is -2.33. The monoisotopic (exact) mass is 385 g/mol. The first-order valence-corrected chi connectivity index (χ1v) is 9.36. The Morgan fingerprint density at radius 3 is 2.54 bits per heavy atom. The molecule has 0 bridgehead atoms. The fourth-order valence-corrected chi connectivity index (χ4v) is 4.11. The predicted molar refractivity (Wildman–Crippen MR) is 102 cm³/mol. The lowest BCUT2D eigenvalue weighted by molar-refractivity contribution is -0.139. The van der Waals surface area contributed by atoms with Gasteiger partial charge in [-0.3, -0.25) is 0 Å². The fourth-order valence-electron chi connectivity index (χ4n) is 4.11. The third-order valence-corrected chi connectivity index (χ3v) is 5.24. The summed E-state index contributed by atoms with van der Waals surface area (Å²) in [4.78, 5) is 32.0. The summed E-state index contributed by atoms with van der Waals surface area (Å²) in [6.07, 6.45) is 3.14. The van der Waals surface area contributed by atoms with Gasteiger partial charge in [-0.1, -0.05) is 0 Å². The van der Waals surface area contributed by atoms with Gasteiger partial charge in [-0.15, -0.1) is 0 Å². The van der Waals surface area contributed by atoms with E-state index in [1.807, 2.05) is 35.7 Å². The van der Waals surface area contributed by atoms with Crippen LogP contribution in [0.3, 0.4) is 0 Å². The zero-order valence-electron chi connectivity index (χ0n) is 16.6. The van der Waals surface area contributed by atoms with E-state index in [0.717, 1.165) is 11.3 Å². The quantitative estimate of drug-likeness (QED) is 0.740. The standard InChI is InChI=1S/C20H23N3O5/c1-6-26-19(24)13-10(3)23-15-12(13)8-9-22(5)17(15)21-18-16(23)14(11(4)28-18)20(25)27-7-2/h8-9,16,18H,6-7H2,1-5H3. The maximum atomic E-state index is 12.7. The Labute approximate surface area is 163 Å². The molecule has 28 heavy (non-hydrogen) atoms. The van der Waals surface area contributed by atoms with E-state index in [1.165, 1.54) is 0 Å². The van der Waals surface area contributed by atoms with Crippen molar-refractivity contribution in [3.63, 3.8) is 0 Å². The first kappa shape index (κ1) is 18.3. The molecule has 0 amide bonds. The van der Waals surface area contributed by atoms with Crippen LogP contribution in [-0.4, -0.2) is 53.7 Å². The van der Waals surface area contributed by atoms with E-state index < -0.39 is 18.2 Å². The molecule has 0 saturated heterocycles. The zero-order chi connectivity index (χ0) is 20.2. The molecule has 0 saturated carbocycles. The molecule has 0 N–H and O–H groups in total. The van der Waals surface area contributed by atoms with Crippen LogP contribution in [0.25, 0.3) is 6.08 Å². The lowest BCUT2D eigenvalue weighted by Crippen LogP contribution is -2.39. The summed E-state index contributed by atoms with van der Waals surface area (Å²) in [5.74, 6) is 0.367. The number of carbonyl (C=O) groups excluding carboxylic acids is 2. The average Bonchev–Trinajstić information content (AvgIpc) is 3.12. The summed E-state index contributed by atoms with van der Waals surface area (Å²) >= 11 is 0. The van der Waals surface area contributed by atoms with Gasteiger partial charge < -0.3 is 23.7 Å². The smallest absolute Gasteiger partial charge is 0.340 e. The van der Waals surface area contributed by atoms with Crippen LogP contribution in [0.5, 0.6) is 0 Å². The van der Waals surface area contributed by atoms with E-state index in [9.17, 15) is 9.59 Å². The first-order valence-electron chi connectivity index (χ1n) is 9.36. The Hall–Kier alpha value is -3.03. The van der Waals surface area contributed by atoms with E-state index >= 15 is 0 Å². The predicted octanol–water partition coefficient (Wildman–Crippen LogP) is 2.38. The molecule has 3 aliphatic rings. The Bertz CT molecular complexity index is 969. The molecule has 0 spiro atoms. The Morgan fingerprint density at radius 1 is 1.18 bits per heavy atom. The second-order valence-electron chi connectivity index (χ2n) is 6.84. The van der Waals surface area contributed by atoms with Crippen LogP contribution in [0.15, 0.2) is 22.5 Å². The van der Waals surface area contributed by atoms with Gasteiger partial charge in [-0.05, 0) is 33.8 Å². The van der Waals surface area contributed by atoms with Crippen LogP contribution < -0.4 is 0 Å². The molecular formula is C20H23N3O5. The lowest BCUT2D eigenvalue weighted by atomic mass is 10.0. The van der Waals surface area contributed by atoms with Crippen LogP contribution in [-0.2, 0) is 19.0 Å². The molecule has 3 aliphatic heterocycles. The summed E-state index contributed by atoms with van der Waals surface area (Å²) < 4.78 is 18.4. The van der Waals surface area contributed by atoms with Crippen molar-refractivity contribution in [1.82, 2.24) is 9.47 Å². The number of aliphatic imine (C=N–C) groups is 1. The molecule has 2 atom stereocenters. The molecular weight excluding hydrogens is 362 g/mol. The molecule has 1 aromatic heterocycles. The minimum Gasteiger partial charge on any atom is -0.470 e. The highest BCUT2D eigenvalue weighted by Gasteiger charge is 2.48. The SMILES string of the molecule is CCOC(=O)C1=C(C)OC2N=C3c4c(c(C(=O)OCC)c(C)n4C12)C=CN3C. The van der Waals surface area contributed by atoms with Crippen molar-refractivity contribution < 1.29 is 23.8 Å². The van der Waals surface area contributed by atoms with E-state index in [2.05, 4.69) is 0 Å². The van der Waals surface area contributed by atoms with Gasteiger partial charge in [-0.2, -0.15) is 0 Å². The Balaban J connectivity index is 1.95. The molecule has 4 rings (SSSR count). The van der Waals surface area contributed by atoms with Gasteiger partial charge in [0.25, 0.3) is 0 Å².